The molecule has 2 heterocycles. The lowest BCUT2D eigenvalue weighted by Gasteiger charge is -2.40. The first kappa shape index (κ1) is 13.1. The van der Waals surface area contributed by atoms with Crippen LogP contribution in [0.3, 0.4) is 0 Å². The smallest absolute Gasteiger partial charge is 0.225 e. The Morgan fingerprint density at radius 3 is 1.95 bits per heavy atom. The van der Waals surface area contributed by atoms with E-state index >= 15 is 0 Å². The van der Waals surface area contributed by atoms with E-state index in [0.717, 1.165) is 59.8 Å². The van der Waals surface area contributed by atoms with Crippen LogP contribution in [0.15, 0.2) is 12.2 Å². The second-order valence-corrected chi connectivity index (χ2v) is 6.84. The fraction of sp³-hybridized carbons (Fsp3) is 0.647. The van der Waals surface area contributed by atoms with E-state index < -0.39 is 0 Å². The van der Waals surface area contributed by atoms with Crippen LogP contribution < -0.4 is 10.2 Å². The summed E-state index contributed by atoms with van der Waals surface area (Å²) in [5.74, 6) is 4.16. The second-order valence-electron chi connectivity index (χ2n) is 6.84. The van der Waals surface area contributed by atoms with E-state index in [1.807, 2.05) is 7.05 Å². The Kier molecular flexibility index (Phi) is 2.95. The highest BCUT2D eigenvalue weighted by Crippen LogP contribution is 2.48. The Labute approximate surface area is 126 Å². The minimum absolute atomic E-state index is 0.795. The molecule has 21 heavy (non-hydrogen) atoms. The van der Waals surface area contributed by atoms with Gasteiger partial charge in [0.05, 0.1) is 17.1 Å². The van der Waals surface area contributed by atoms with Gasteiger partial charge >= 0.3 is 0 Å². The van der Waals surface area contributed by atoms with Crippen LogP contribution in [0.4, 0.5) is 11.6 Å². The number of anilines is 2. The molecule has 1 aromatic rings. The molecule has 3 aliphatic carbocycles. The largest absolute Gasteiger partial charge is 0.385 e. The quantitative estimate of drug-likeness (QED) is 0.848. The molecule has 4 unspecified atom stereocenters. The van der Waals surface area contributed by atoms with Gasteiger partial charge in [0.25, 0.3) is 0 Å². The summed E-state index contributed by atoms with van der Waals surface area (Å²) in [6.45, 7) is 6.40. The Morgan fingerprint density at radius 1 is 1.00 bits per heavy atom. The number of allylic oxidation sites excluding steroid dienone is 2. The lowest BCUT2D eigenvalue weighted by molar-refractivity contribution is 0.169. The lowest BCUT2D eigenvalue weighted by Crippen LogP contribution is -2.35. The molecule has 5 rings (SSSR count). The third-order valence-corrected chi connectivity index (χ3v) is 5.74. The molecule has 0 radical (unpaired) electrons. The van der Waals surface area contributed by atoms with E-state index in [0.29, 0.717) is 0 Å². The molecule has 112 valence electrons. The summed E-state index contributed by atoms with van der Waals surface area (Å²) in [6.07, 6.45) is 7.71. The van der Waals surface area contributed by atoms with Gasteiger partial charge in [-0.1, -0.05) is 12.2 Å². The van der Waals surface area contributed by atoms with Gasteiger partial charge in [0.15, 0.2) is 0 Å². The molecule has 1 saturated carbocycles. The standard InChI is InChI=1S/C17H24N4/c1-10-16(18-3)11(2)20-17(19-10)21-8-14-12-4-5-13(7-6-12)15(14)9-21/h4-5,12-15,18H,6-9H2,1-3H3. The van der Waals surface area contributed by atoms with Crippen molar-refractivity contribution in [1.29, 1.82) is 0 Å². The number of hydrogen-bond acceptors (Lipinski definition) is 4. The van der Waals surface area contributed by atoms with Crippen molar-refractivity contribution in [3.63, 3.8) is 0 Å². The molecule has 4 atom stereocenters. The van der Waals surface area contributed by atoms with Gasteiger partial charge in [-0.15, -0.1) is 0 Å². The van der Waals surface area contributed by atoms with Gasteiger partial charge in [0.1, 0.15) is 0 Å². The summed E-state index contributed by atoms with van der Waals surface area (Å²) < 4.78 is 0. The second kappa shape index (κ2) is 4.72. The molecular weight excluding hydrogens is 260 g/mol. The molecule has 1 saturated heterocycles. The van der Waals surface area contributed by atoms with Crippen LogP contribution in [0, 0.1) is 37.5 Å². The van der Waals surface area contributed by atoms with Crippen LogP contribution in [0.1, 0.15) is 24.2 Å². The number of hydrogen-bond donors (Lipinski definition) is 1. The average Bonchev–Trinajstić information content (AvgIpc) is 2.95. The van der Waals surface area contributed by atoms with Crippen LogP contribution in [0.25, 0.3) is 0 Å². The van der Waals surface area contributed by atoms with Gasteiger partial charge in [0, 0.05) is 20.1 Å². The van der Waals surface area contributed by atoms with Crippen molar-refractivity contribution >= 4 is 11.6 Å². The minimum atomic E-state index is 0.795. The van der Waals surface area contributed by atoms with Gasteiger partial charge in [-0.3, -0.25) is 0 Å². The third kappa shape index (κ3) is 1.95. The minimum Gasteiger partial charge on any atom is -0.385 e. The highest BCUT2D eigenvalue weighted by molar-refractivity contribution is 5.54. The number of aryl methyl sites for hydroxylation is 2. The predicted octanol–water partition coefficient (Wildman–Crippen LogP) is 2.78. The van der Waals surface area contributed by atoms with Crippen LogP contribution in [0.2, 0.25) is 0 Å². The number of nitrogens with one attached hydrogen (secondary N) is 1. The molecular formula is C17H24N4. The van der Waals surface area contributed by atoms with E-state index in [9.17, 15) is 0 Å². The predicted molar refractivity (Wildman–Crippen MR) is 85.6 cm³/mol. The maximum Gasteiger partial charge on any atom is 0.225 e. The summed E-state index contributed by atoms with van der Waals surface area (Å²) in [5, 5.41) is 3.20. The van der Waals surface area contributed by atoms with Crippen molar-refractivity contribution in [2.75, 3.05) is 30.4 Å². The van der Waals surface area contributed by atoms with Crippen molar-refractivity contribution in [2.24, 2.45) is 23.7 Å². The molecule has 4 nitrogen and oxygen atoms in total. The fourth-order valence-electron chi connectivity index (χ4n) is 4.70. The maximum absolute atomic E-state index is 4.75. The van der Waals surface area contributed by atoms with Crippen molar-refractivity contribution < 1.29 is 0 Å². The Bertz CT molecular complexity index is 549. The van der Waals surface area contributed by atoms with E-state index in [-0.39, 0.29) is 0 Å². The van der Waals surface area contributed by atoms with E-state index in [4.69, 9.17) is 9.97 Å². The van der Waals surface area contributed by atoms with Crippen molar-refractivity contribution in [2.45, 2.75) is 26.7 Å². The molecule has 2 fully saturated rings. The molecule has 4 heteroatoms. The Morgan fingerprint density at radius 2 is 1.52 bits per heavy atom. The van der Waals surface area contributed by atoms with Crippen LogP contribution in [0.5, 0.6) is 0 Å². The maximum atomic E-state index is 4.75. The van der Waals surface area contributed by atoms with E-state index in [1.165, 1.54) is 12.8 Å². The topological polar surface area (TPSA) is 41.1 Å². The van der Waals surface area contributed by atoms with Gasteiger partial charge in [-0.25, -0.2) is 9.97 Å². The number of nitrogens with zero attached hydrogens (tertiary/aromatic N) is 3. The molecule has 1 aromatic heterocycles. The first-order valence-electron chi connectivity index (χ1n) is 8.13. The van der Waals surface area contributed by atoms with Crippen LogP contribution >= 0.6 is 0 Å². The van der Waals surface area contributed by atoms with Gasteiger partial charge in [-0.2, -0.15) is 0 Å². The van der Waals surface area contributed by atoms with Gasteiger partial charge in [0.2, 0.25) is 5.95 Å². The molecule has 4 aliphatic rings. The number of rotatable bonds is 2. The summed E-state index contributed by atoms with van der Waals surface area (Å²) in [5.41, 5.74) is 3.17. The SMILES string of the molecule is CNc1c(C)nc(N2CC3C4C=CC(CC4)C3C2)nc1C. The fourth-order valence-corrected chi connectivity index (χ4v) is 4.70. The molecule has 0 spiro atoms. The summed E-state index contributed by atoms with van der Waals surface area (Å²) >= 11 is 0. The molecule has 0 aromatic carbocycles. The summed E-state index contributed by atoms with van der Waals surface area (Å²) in [6, 6.07) is 0. The Balaban J connectivity index is 1.62. The lowest BCUT2D eigenvalue weighted by atomic mass is 9.64. The summed E-state index contributed by atoms with van der Waals surface area (Å²) in [7, 11) is 1.94. The van der Waals surface area contributed by atoms with Crippen molar-refractivity contribution in [1.82, 2.24) is 9.97 Å². The number of fused-ring (bicyclic) bond motifs is 1. The third-order valence-electron chi connectivity index (χ3n) is 5.74. The van der Waals surface area contributed by atoms with Gasteiger partial charge in [-0.05, 0) is 50.4 Å². The Hall–Kier alpha value is -1.58. The molecule has 1 aliphatic heterocycles. The first-order chi connectivity index (χ1) is 10.2. The van der Waals surface area contributed by atoms with Crippen LogP contribution in [-0.4, -0.2) is 30.1 Å². The monoisotopic (exact) mass is 284 g/mol. The average molecular weight is 284 g/mol. The normalized spacial score (nSPS) is 33.4. The molecule has 2 bridgehead atoms. The van der Waals surface area contributed by atoms with E-state index in [1.54, 1.807) is 0 Å². The molecule has 1 N–H and O–H groups in total. The first-order valence-corrected chi connectivity index (χ1v) is 8.13. The zero-order valence-corrected chi connectivity index (χ0v) is 13.1. The summed E-state index contributed by atoms with van der Waals surface area (Å²) in [4.78, 5) is 11.9. The van der Waals surface area contributed by atoms with Crippen molar-refractivity contribution in [3.05, 3.63) is 23.5 Å². The van der Waals surface area contributed by atoms with E-state index in [2.05, 4.69) is 36.2 Å². The number of aromatic nitrogens is 2. The highest BCUT2D eigenvalue weighted by atomic mass is 15.3. The molecule has 0 amide bonds. The zero-order valence-electron chi connectivity index (χ0n) is 13.1. The van der Waals surface area contributed by atoms with Crippen LogP contribution in [-0.2, 0) is 0 Å². The van der Waals surface area contributed by atoms with Crippen molar-refractivity contribution in [3.8, 4) is 0 Å². The zero-order chi connectivity index (χ0) is 14.6. The highest BCUT2D eigenvalue weighted by Gasteiger charge is 2.46. The van der Waals surface area contributed by atoms with Gasteiger partial charge < -0.3 is 10.2 Å².